The largest absolute Gasteiger partial charge is 0.480 e. The Kier molecular flexibility index (Phi) is 5.20. The third kappa shape index (κ3) is 4.92. The van der Waals surface area contributed by atoms with Crippen LogP contribution < -0.4 is 5.32 Å². The number of aliphatic carboxylic acids is 1. The molecule has 0 fully saturated rings. The summed E-state index contributed by atoms with van der Waals surface area (Å²) in [5, 5.41) is 12.4. The lowest BCUT2D eigenvalue weighted by molar-refractivity contribution is -0.139. The predicted molar refractivity (Wildman–Crippen MR) is 87.4 cm³/mol. The van der Waals surface area contributed by atoms with Crippen molar-refractivity contribution in [2.45, 2.75) is 39.7 Å². The summed E-state index contributed by atoms with van der Waals surface area (Å²) in [7, 11) is 0. The van der Waals surface area contributed by atoms with Crippen LogP contribution in [-0.4, -0.2) is 28.0 Å². The van der Waals surface area contributed by atoms with E-state index in [4.69, 9.17) is 4.42 Å². The van der Waals surface area contributed by atoms with Gasteiger partial charge in [0.25, 0.3) is 5.91 Å². The molecule has 2 heterocycles. The molecule has 0 aliphatic heterocycles. The SMILES string of the molecule is CC(C)(C)CCC(NC(=O)c1cnc(-c2ccco2)s1)C(=O)O. The molecule has 0 bridgehead atoms. The highest BCUT2D eigenvalue weighted by atomic mass is 32.1. The van der Waals surface area contributed by atoms with Crippen LogP contribution >= 0.6 is 11.3 Å². The molecule has 0 aromatic carbocycles. The number of thiazole rings is 1. The molecule has 0 aliphatic rings. The molecule has 124 valence electrons. The van der Waals surface area contributed by atoms with Crippen LogP contribution in [0.5, 0.6) is 0 Å². The van der Waals surface area contributed by atoms with Crippen molar-refractivity contribution in [2.75, 3.05) is 0 Å². The van der Waals surface area contributed by atoms with E-state index in [1.165, 1.54) is 23.8 Å². The van der Waals surface area contributed by atoms with Gasteiger partial charge in [-0.3, -0.25) is 4.79 Å². The van der Waals surface area contributed by atoms with Gasteiger partial charge < -0.3 is 14.8 Å². The summed E-state index contributed by atoms with van der Waals surface area (Å²) < 4.78 is 5.23. The molecule has 0 spiro atoms. The van der Waals surface area contributed by atoms with Crippen LogP contribution in [0.4, 0.5) is 0 Å². The maximum atomic E-state index is 12.2. The minimum Gasteiger partial charge on any atom is -0.480 e. The average molecular weight is 336 g/mol. The third-order valence-electron chi connectivity index (χ3n) is 3.25. The molecule has 2 N–H and O–H groups in total. The lowest BCUT2D eigenvalue weighted by Crippen LogP contribution is -2.41. The van der Waals surface area contributed by atoms with Crippen molar-refractivity contribution < 1.29 is 19.1 Å². The monoisotopic (exact) mass is 336 g/mol. The molecule has 1 unspecified atom stereocenters. The Morgan fingerprint density at radius 3 is 2.74 bits per heavy atom. The maximum absolute atomic E-state index is 12.2. The van der Waals surface area contributed by atoms with E-state index in [-0.39, 0.29) is 5.41 Å². The quantitative estimate of drug-likeness (QED) is 0.843. The molecule has 6 nitrogen and oxygen atoms in total. The number of rotatable bonds is 6. The minimum absolute atomic E-state index is 0.00930. The Morgan fingerprint density at radius 2 is 2.17 bits per heavy atom. The van der Waals surface area contributed by atoms with Crippen LogP contribution in [0.15, 0.2) is 29.0 Å². The number of carbonyl (C=O) groups is 2. The molecule has 2 aromatic rings. The summed E-state index contributed by atoms with van der Waals surface area (Å²) in [6.45, 7) is 6.10. The van der Waals surface area contributed by atoms with Gasteiger partial charge in [-0.2, -0.15) is 0 Å². The van der Waals surface area contributed by atoms with E-state index in [0.29, 0.717) is 28.5 Å². The van der Waals surface area contributed by atoms with Crippen molar-refractivity contribution in [1.82, 2.24) is 10.3 Å². The topological polar surface area (TPSA) is 92.4 Å². The van der Waals surface area contributed by atoms with Crippen molar-refractivity contribution in [3.05, 3.63) is 29.5 Å². The van der Waals surface area contributed by atoms with Crippen molar-refractivity contribution in [1.29, 1.82) is 0 Å². The van der Waals surface area contributed by atoms with Gasteiger partial charge in [0.1, 0.15) is 10.9 Å². The number of hydrogen-bond acceptors (Lipinski definition) is 5. The molecule has 0 aliphatic carbocycles. The predicted octanol–water partition coefficient (Wildman–Crippen LogP) is 3.41. The van der Waals surface area contributed by atoms with Crippen LogP contribution in [0.25, 0.3) is 10.8 Å². The van der Waals surface area contributed by atoms with Gasteiger partial charge >= 0.3 is 5.97 Å². The summed E-state index contributed by atoms with van der Waals surface area (Å²) in [5.41, 5.74) is 0.00930. The standard InChI is InChI=1S/C16H20N2O4S/c1-16(2,3)7-6-10(15(20)21)18-13(19)12-9-17-14(23-12)11-5-4-8-22-11/h4-5,8-10H,6-7H2,1-3H3,(H,18,19)(H,20,21). The Bertz CT molecular complexity index is 671. The number of furan rings is 1. The van der Waals surface area contributed by atoms with E-state index in [2.05, 4.69) is 10.3 Å². The Balaban J connectivity index is 2.03. The molecule has 1 amide bonds. The molecule has 2 aromatic heterocycles. The first kappa shape index (κ1) is 17.2. The second-order valence-corrected chi connectivity index (χ2v) is 7.50. The van der Waals surface area contributed by atoms with Crippen molar-refractivity contribution >= 4 is 23.2 Å². The van der Waals surface area contributed by atoms with Crippen LogP contribution in [0, 0.1) is 5.41 Å². The average Bonchev–Trinajstić information content (AvgIpc) is 3.11. The number of carbonyl (C=O) groups excluding carboxylic acids is 1. The van der Waals surface area contributed by atoms with Gasteiger partial charge in [-0.15, -0.1) is 11.3 Å². The Labute approximate surface area is 138 Å². The number of nitrogens with one attached hydrogen (secondary N) is 1. The zero-order chi connectivity index (χ0) is 17.0. The fourth-order valence-corrected chi connectivity index (χ4v) is 2.74. The van der Waals surface area contributed by atoms with Gasteiger partial charge in [0.05, 0.1) is 12.5 Å². The summed E-state index contributed by atoms with van der Waals surface area (Å²) in [5.74, 6) is -0.878. The summed E-state index contributed by atoms with van der Waals surface area (Å²) in [4.78, 5) is 28.1. The van der Waals surface area contributed by atoms with Gasteiger partial charge in [-0.1, -0.05) is 20.8 Å². The fourth-order valence-electron chi connectivity index (χ4n) is 1.96. The van der Waals surface area contributed by atoms with Crippen molar-refractivity contribution in [3.63, 3.8) is 0 Å². The number of aromatic nitrogens is 1. The molecular formula is C16H20N2O4S. The number of nitrogens with zero attached hydrogens (tertiary/aromatic N) is 1. The van der Waals surface area contributed by atoms with E-state index in [1.807, 2.05) is 20.8 Å². The van der Waals surface area contributed by atoms with Crippen LogP contribution in [-0.2, 0) is 4.79 Å². The zero-order valence-corrected chi connectivity index (χ0v) is 14.1. The number of carboxylic acid groups (broad SMARTS) is 1. The molecule has 0 saturated heterocycles. The minimum atomic E-state index is -1.03. The van der Waals surface area contributed by atoms with Crippen molar-refractivity contribution in [2.24, 2.45) is 5.41 Å². The van der Waals surface area contributed by atoms with Gasteiger partial charge in [0, 0.05) is 0 Å². The highest BCUT2D eigenvalue weighted by Gasteiger charge is 2.24. The number of carboxylic acids is 1. The number of amides is 1. The first-order valence-corrected chi connectivity index (χ1v) is 8.11. The lowest BCUT2D eigenvalue weighted by atomic mass is 9.88. The lowest BCUT2D eigenvalue weighted by Gasteiger charge is -2.21. The van der Waals surface area contributed by atoms with E-state index in [9.17, 15) is 14.7 Å². The van der Waals surface area contributed by atoms with E-state index in [1.54, 1.807) is 12.1 Å². The Morgan fingerprint density at radius 1 is 1.43 bits per heavy atom. The van der Waals surface area contributed by atoms with Crippen molar-refractivity contribution in [3.8, 4) is 10.8 Å². The zero-order valence-electron chi connectivity index (χ0n) is 13.3. The van der Waals surface area contributed by atoms with Gasteiger partial charge in [-0.25, -0.2) is 9.78 Å². The van der Waals surface area contributed by atoms with Crippen LogP contribution in [0.1, 0.15) is 43.3 Å². The first-order chi connectivity index (χ1) is 10.8. The number of hydrogen-bond donors (Lipinski definition) is 2. The maximum Gasteiger partial charge on any atom is 0.326 e. The van der Waals surface area contributed by atoms with E-state index < -0.39 is 17.9 Å². The molecule has 7 heteroatoms. The smallest absolute Gasteiger partial charge is 0.326 e. The summed E-state index contributed by atoms with van der Waals surface area (Å²) in [6.07, 6.45) is 4.04. The fraction of sp³-hybridized carbons (Fsp3) is 0.438. The molecule has 2 rings (SSSR count). The third-order valence-corrected chi connectivity index (χ3v) is 4.26. The summed E-state index contributed by atoms with van der Waals surface area (Å²) >= 11 is 1.17. The van der Waals surface area contributed by atoms with E-state index in [0.717, 1.165) is 0 Å². The van der Waals surface area contributed by atoms with Gasteiger partial charge in [-0.05, 0) is 30.4 Å². The van der Waals surface area contributed by atoms with E-state index >= 15 is 0 Å². The molecule has 0 radical (unpaired) electrons. The normalized spacial score (nSPS) is 12.8. The van der Waals surface area contributed by atoms with Gasteiger partial charge in [0.15, 0.2) is 10.8 Å². The highest BCUT2D eigenvalue weighted by Crippen LogP contribution is 2.26. The first-order valence-electron chi connectivity index (χ1n) is 7.29. The molecule has 0 saturated carbocycles. The summed E-state index contributed by atoms with van der Waals surface area (Å²) in [6, 6.07) is 2.59. The Hall–Kier alpha value is -2.15. The molecule has 1 atom stereocenters. The van der Waals surface area contributed by atoms with Crippen LogP contribution in [0.3, 0.4) is 0 Å². The van der Waals surface area contributed by atoms with Gasteiger partial charge in [0.2, 0.25) is 0 Å². The molecule has 23 heavy (non-hydrogen) atoms. The second-order valence-electron chi connectivity index (χ2n) is 6.47. The second kappa shape index (κ2) is 6.95. The highest BCUT2D eigenvalue weighted by molar-refractivity contribution is 7.16. The van der Waals surface area contributed by atoms with Crippen LogP contribution in [0.2, 0.25) is 0 Å². The molecular weight excluding hydrogens is 316 g/mol.